The molecule has 27 heavy (non-hydrogen) atoms. The van der Waals surface area contributed by atoms with Gasteiger partial charge in [-0.25, -0.2) is 8.42 Å². The highest BCUT2D eigenvalue weighted by Crippen LogP contribution is 2.29. The van der Waals surface area contributed by atoms with Gasteiger partial charge >= 0.3 is 6.36 Å². The lowest BCUT2D eigenvalue weighted by Gasteiger charge is -2.09. The molecule has 0 unspecified atom stereocenters. The minimum Gasteiger partial charge on any atom is -0.406 e. The maximum atomic E-state index is 12.5. The second-order valence-corrected chi connectivity index (χ2v) is 7.65. The Labute approximate surface area is 162 Å². The number of hydrogen-bond donors (Lipinski definition) is 1. The summed E-state index contributed by atoms with van der Waals surface area (Å²) >= 11 is 11.6. The molecule has 142 valence electrons. The van der Waals surface area contributed by atoms with Crippen molar-refractivity contribution in [2.24, 2.45) is 0 Å². The average molecular weight is 437 g/mol. The van der Waals surface area contributed by atoms with Gasteiger partial charge in [-0.2, -0.15) is 5.26 Å². The van der Waals surface area contributed by atoms with Crippen molar-refractivity contribution in [1.29, 1.82) is 5.26 Å². The minimum absolute atomic E-state index is 0.155. The summed E-state index contributed by atoms with van der Waals surface area (Å²) in [6.07, 6.45) is -3.92. The van der Waals surface area contributed by atoms with Crippen LogP contribution in [0.2, 0.25) is 10.0 Å². The van der Waals surface area contributed by atoms with Crippen molar-refractivity contribution >= 4 is 38.7 Å². The first-order valence-electron chi connectivity index (χ1n) is 6.96. The Hall–Kier alpha value is -2.41. The Morgan fingerprint density at radius 3 is 2.30 bits per heavy atom. The largest absolute Gasteiger partial charge is 0.573 e. The first-order valence-corrected chi connectivity index (χ1v) is 9.19. The molecule has 5 nitrogen and oxygen atoms in total. The van der Waals surface area contributed by atoms with E-state index in [1.54, 1.807) is 6.07 Å². The number of nitrogens with zero attached hydrogens (tertiary/aromatic N) is 1. The molecule has 0 aliphatic rings. The molecule has 2 aromatic rings. The Morgan fingerprint density at radius 2 is 1.78 bits per heavy atom. The normalized spacial score (nSPS) is 12.4. The third-order valence-electron chi connectivity index (χ3n) is 3.04. The molecule has 0 amide bonds. The van der Waals surface area contributed by atoms with Crippen molar-refractivity contribution in [3.05, 3.63) is 63.6 Å². The maximum absolute atomic E-state index is 12.5. The van der Waals surface area contributed by atoms with Crippen molar-refractivity contribution in [1.82, 2.24) is 0 Å². The summed E-state index contributed by atoms with van der Waals surface area (Å²) < 4.78 is 65.1. The van der Waals surface area contributed by atoms with Crippen LogP contribution in [0.1, 0.15) is 0 Å². The number of allylic oxidation sites excluding steroid dienone is 1. The molecule has 0 saturated carbocycles. The Morgan fingerprint density at radius 1 is 1.15 bits per heavy atom. The van der Waals surface area contributed by atoms with Crippen molar-refractivity contribution in [2.45, 2.75) is 11.3 Å². The van der Waals surface area contributed by atoms with Crippen LogP contribution in [0.15, 0.2) is 58.5 Å². The molecule has 0 atom stereocenters. The first-order chi connectivity index (χ1) is 12.5. The van der Waals surface area contributed by atoms with E-state index >= 15 is 0 Å². The number of benzene rings is 2. The second-order valence-electron chi connectivity index (χ2n) is 4.92. The molecule has 2 rings (SSSR count). The summed E-state index contributed by atoms with van der Waals surface area (Å²) in [6, 6.07) is 9.72. The van der Waals surface area contributed by atoms with Gasteiger partial charge in [-0.3, -0.25) is 0 Å². The molecule has 0 saturated heterocycles. The van der Waals surface area contributed by atoms with Crippen LogP contribution in [0.25, 0.3) is 0 Å². The molecule has 0 spiro atoms. The van der Waals surface area contributed by atoms with Gasteiger partial charge in [-0.15, -0.1) is 13.2 Å². The zero-order chi connectivity index (χ0) is 20.2. The fourth-order valence-electron chi connectivity index (χ4n) is 1.88. The van der Waals surface area contributed by atoms with E-state index in [1.807, 2.05) is 0 Å². The topological polar surface area (TPSA) is 79.2 Å². The molecule has 0 aromatic heterocycles. The summed E-state index contributed by atoms with van der Waals surface area (Å²) in [7, 11) is -4.23. The van der Waals surface area contributed by atoms with Crippen LogP contribution in [-0.4, -0.2) is 14.8 Å². The van der Waals surface area contributed by atoms with Gasteiger partial charge in [0.25, 0.3) is 0 Å². The predicted octanol–water partition coefficient (Wildman–Crippen LogP) is 5.14. The van der Waals surface area contributed by atoms with Gasteiger partial charge in [-0.05, 0) is 42.5 Å². The molecule has 0 fully saturated rings. The van der Waals surface area contributed by atoms with Gasteiger partial charge < -0.3 is 10.1 Å². The Bertz CT molecular complexity index is 1010. The van der Waals surface area contributed by atoms with Crippen molar-refractivity contribution in [2.75, 3.05) is 5.32 Å². The standard InChI is InChI=1S/C16H9Cl2F3N2O3S/c17-10-1-6-15(14(18)7-10)27(24,25)13(8-22)9-23-11-2-4-12(5-3-11)26-16(19,20)21/h1-7,9,23H. The van der Waals surface area contributed by atoms with Gasteiger partial charge in [0.2, 0.25) is 9.84 Å². The Balaban J connectivity index is 2.25. The van der Waals surface area contributed by atoms with Crippen LogP contribution in [-0.2, 0) is 9.84 Å². The number of alkyl halides is 3. The van der Waals surface area contributed by atoms with Gasteiger partial charge in [-0.1, -0.05) is 23.2 Å². The van der Waals surface area contributed by atoms with Crippen molar-refractivity contribution < 1.29 is 26.3 Å². The molecule has 0 aliphatic carbocycles. The number of halogens is 5. The van der Waals surface area contributed by atoms with Crippen molar-refractivity contribution in [3.8, 4) is 11.8 Å². The van der Waals surface area contributed by atoms with Crippen LogP contribution < -0.4 is 10.1 Å². The molecular weight excluding hydrogens is 428 g/mol. The highest BCUT2D eigenvalue weighted by atomic mass is 35.5. The van der Waals surface area contributed by atoms with E-state index in [2.05, 4.69) is 10.1 Å². The highest BCUT2D eigenvalue weighted by molar-refractivity contribution is 7.95. The van der Waals surface area contributed by atoms with Gasteiger partial charge in [0.05, 0.1) is 9.92 Å². The van der Waals surface area contributed by atoms with Crippen LogP contribution in [0.3, 0.4) is 0 Å². The molecule has 0 bridgehead atoms. The second kappa shape index (κ2) is 8.08. The lowest BCUT2D eigenvalue weighted by atomic mass is 10.3. The van der Waals surface area contributed by atoms with E-state index in [0.29, 0.717) is 0 Å². The predicted molar refractivity (Wildman–Crippen MR) is 94.1 cm³/mol. The number of ether oxygens (including phenoxy) is 1. The zero-order valence-electron chi connectivity index (χ0n) is 13.1. The monoisotopic (exact) mass is 436 g/mol. The van der Waals surface area contributed by atoms with Gasteiger partial charge in [0, 0.05) is 16.9 Å². The third-order valence-corrected chi connectivity index (χ3v) is 5.42. The molecule has 0 aliphatic heterocycles. The summed E-state index contributed by atoms with van der Waals surface area (Å²) in [5.41, 5.74) is 0.231. The Kier molecular flexibility index (Phi) is 6.26. The summed E-state index contributed by atoms with van der Waals surface area (Å²) in [4.78, 5) is -0.959. The number of anilines is 1. The molecular formula is C16H9Cl2F3N2O3S. The van der Waals surface area contributed by atoms with E-state index in [1.165, 1.54) is 24.3 Å². The molecule has 0 radical (unpaired) electrons. The number of hydrogen-bond acceptors (Lipinski definition) is 5. The van der Waals surface area contributed by atoms with Crippen LogP contribution in [0.5, 0.6) is 5.75 Å². The van der Waals surface area contributed by atoms with E-state index in [-0.39, 0.29) is 20.6 Å². The zero-order valence-corrected chi connectivity index (χ0v) is 15.4. The summed E-state index contributed by atoms with van der Waals surface area (Å²) in [6.45, 7) is 0. The smallest absolute Gasteiger partial charge is 0.406 e. The lowest BCUT2D eigenvalue weighted by Crippen LogP contribution is -2.16. The maximum Gasteiger partial charge on any atom is 0.573 e. The fourth-order valence-corrected chi connectivity index (χ4v) is 3.73. The molecule has 2 aromatic carbocycles. The summed E-state index contributed by atoms with van der Waals surface area (Å²) in [5.74, 6) is -0.446. The number of sulfone groups is 1. The lowest BCUT2D eigenvalue weighted by molar-refractivity contribution is -0.274. The van der Waals surface area contributed by atoms with E-state index in [4.69, 9.17) is 28.5 Å². The highest BCUT2D eigenvalue weighted by Gasteiger charge is 2.31. The van der Waals surface area contributed by atoms with Crippen LogP contribution in [0.4, 0.5) is 18.9 Å². The van der Waals surface area contributed by atoms with Gasteiger partial charge in [0.15, 0.2) is 4.91 Å². The van der Waals surface area contributed by atoms with E-state index in [0.717, 1.165) is 24.4 Å². The van der Waals surface area contributed by atoms with Crippen molar-refractivity contribution in [3.63, 3.8) is 0 Å². The fraction of sp³-hybridized carbons (Fsp3) is 0.0625. The average Bonchev–Trinajstić information content (AvgIpc) is 2.55. The van der Waals surface area contributed by atoms with Crippen LogP contribution >= 0.6 is 23.2 Å². The summed E-state index contributed by atoms with van der Waals surface area (Å²) in [5, 5.41) is 11.8. The molecule has 11 heteroatoms. The first kappa shape index (κ1) is 20.9. The number of rotatable bonds is 5. The van der Waals surface area contributed by atoms with Gasteiger partial charge in [0.1, 0.15) is 11.8 Å². The molecule has 0 heterocycles. The number of nitriles is 1. The third kappa shape index (κ3) is 5.53. The van der Waals surface area contributed by atoms with Crippen LogP contribution in [0, 0.1) is 11.3 Å². The van der Waals surface area contributed by atoms with E-state index in [9.17, 15) is 21.6 Å². The number of nitrogens with one attached hydrogen (secondary N) is 1. The minimum atomic E-state index is -4.82. The molecule has 1 N–H and O–H groups in total. The quantitative estimate of drug-likeness (QED) is 0.656. The SMILES string of the molecule is N#CC(=CNc1ccc(OC(F)(F)F)cc1)S(=O)(=O)c1ccc(Cl)cc1Cl. The van der Waals surface area contributed by atoms with E-state index < -0.39 is 26.9 Å².